The molecule has 1 saturated heterocycles. The molecule has 1 aliphatic rings. The van der Waals surface area contributed by atoms with E-state index in [1.807, 2.05) is 41.3 Å². The van der Waals surface area contributed by atoms with Crippen molar-refractivity contribution in [3.05, 3.63) is 59.9 Å². The molecule has 1 fully saturated rings. The molecule has 1 N–H and O–H groups in total. The van der Waals surface area contributed by atoms with E-state index in [4.69, 9.17) is 5.26 Å². The number of amides is 2. The lowest BCUT2D eigenvalue weighted by Crippen LogP contribution is -2.51. The number of hydrogen-bond acceptors (Lipinski definition) is 4. The number of nitriles is 1. The Hall–Kier alpha value is -3.07. The molecule has 2 amide bonds. The van der Waals surface area contributed by atoms with Crippen LogP contribution in [-0.4, -0.2) is 42.1 Å². The number of pyridine rings is 1. The first-order chi connectivity index (χ1) is 11.8. The molecule has 0 saturated carbocycles. The molecule has 0 unspecified atom stereocenters. The summed E-state index contributed by atoms with van der Waals surface area (Å²) in [6.07, 6.45) is 1.72. The maximum absolute atomic E-state index is 12.2. The first kappa shape index (κ1) is 15.8. The van der Waals surface area contributed by atoms with Gasteiger partial charge in [0.05, 0.1) is 23.9 Å². The van der Waals surface area contributed by atoms with Crippen molar-refractivity contribution in [3.63, 3.8) is 0 Å². The van der Waals surface area contributed by atoms with Crippen molar-refractivity contribution in [1.82, 2.24) is 15.2 Å². The third-order valence-electron chi connectivity index (χ3n) is 4.05. The number of nitrogens with one attached hydrogen (secondary N) is 1. The number of carbonyl (C=O) groups is 1. The summed E-state index contributed by atoms with van der Waals surface area (Å²) >= 11 is 0. The van der Waals surface area contributed by atoms with Gasteiger partial charge in [-0.25, -0.2) is 4.79 Å². The van der Waals surface area contributed by atoms with Crippen LogP contribution in [0.15, 0.2) is 48.7 Å². The van der Waals surface area contributed by atoms with Gasteiger partial charge >= 0.3 is 6.03 Å². The number of nitrogens with zero attached hydrogens (tertiary/aromatic N) is 4. The van der Waals surface area contributed by atoms with E-state index in [0.29, 0.717) is 25.2 Å². The van der Waals surface area contributed by atoms with Gasteiger partial charge in [0.2, 0.25) is 0 Å². The number of piperazine rings is 1. The molecule has 0 radical (unpaired) electrons. The minimum Gasteiger partial charge on any atom is -0.368 e. The van der Waals surface area contributed by atoms with Crippen molar-refractivity contribution in [2.24, 2.45) is 0 Å². The molecule has 122 valence electrons. The van der Waals surface area contributed by atoms with E-state index in [1.165, 1.54) is 0 Å². The Labute approximate surface area is 141 Å². The highest BCUT2D eigenvalue weighted by molar-refractivity contribution is 5.74. The second-order valence-electron chi connectivity index (χ2n) is 5.62. The van der Waals surface area contributed by atoms with Crippen molar-refractivity contribution in [2.75, 3.05) is 31.1 Å². The Morgan fingerprint density at radius 2 is 2.00 bits per heavy atom. The van der Waals surface area contributed by atoms with Crippen LogP contribution in [-0.2, 0) is 6.54 Å². The van der Waals surface area contributed by atoms with Crippen LogP contribution in [0.25, 0.3) is 0 Å². The van der Waals surface area contributed by atoms with Crippen LogP contribution in [0.2, 0.25) is 0 Å². The maximum atomic E-state index is 12.2. The van der Waals surface area contributed by atoms with Crippen LogP contribution in [0.3, 0.4) is 0 Å². The second-order valence-corrected chi connectivity index (χ2v) is 5.62. The number of benzene rings is 1. The Kier molecular flexibility index (Phi) is 4.92. The van der Waals surface area contributed by atoms with Gasteiger partial charge in [-0.1, -0.05) is 12.1 Å². The number of anilines is 1. The summed E-state index contributed by atoms with van der Waals surface area (Å²) in [4.78, 5) is 20.4. The summed E-state index contributed by atoms with van der Waals surface area (Å²) in [5.41, 5.74) is 2.53. The summed E-state index contributed by atoms with van der Waals surface area (Å²) < 4.78 is 0. The fourth-order valence-corrected chi connectivity index (χ4v) is 2.72. The monoisotopic (exact) mass is 321 g/mol. The Bertz CT molecular complexity index is 733. The number of carbonyl (C=O) groups excluding carboxylic acids is 1. The molecule has 2 heterocycles. The standard InChI is InChI=1S/C18H19N5O/c19-13-15-4-3-6-17(12-15)22-8-10-23(11-9-22)18(24)21-14-16-5-1-2-7-20-16/h1-7,12H,8-11,14H2,(H,21,24). The van der Waals surface area contributed by atoms with Gasteiger partial charge in [-0.15, -0.1) is 0 Å². The molecule has 0 spiro atoms. The van der Waals surface area contributed by atoms with Crippen LogP contribution in [0.4, 0.5) is 10.5 Å². The molecule has 3 rings (SSSR count). The van der Waals surface area contributed by atoms with Gasteiger partial charge in [-0.2, -0.15) is 5.26 Å². The van der Waals surface area contributed by atoms with E-state index in [2.05, 4.69) is 21.3 Å². The van der Waals surface area contributed by atoms with Crippen molar-refractivity contribution in [2.45, 2.75) is 6.54 Å². The number of rotatable bonds is 3. The zero-order valence-electron chi connectivity index (χ0n) is 13.4. The molecule has 0 atom stereocenters. The summed E-state index contributed by atoms with van der Waals surface area (Å²) in [6.45, 7) is 3.26. The predicted octanol–water partition coefficient (Wildman–Crippen LogP) is 1.99. The normalized spacial score (nSPS) is 14.1. The molecule has 6 heteroatoms. The number of urea groups is 1. The fourth-order valence-electron chi connectivity index (χ4n) is 2.72. The average molecular weight is 321 g/mol. The van der Waals surface area contributed by atoms with Gasteiger partial charge in [0.25, 0.3) is 0 Å². The highest BCUT2D eigenvalue weighted by Gasteiger charge is 2.21. The van der Waals surface area contributed by atoms with Gasteiger partial charge in [0.1, 0.15) is 0 Å². The van der Waals surface area contributed by atoms with Gasteiger partial charge in [0, 0.05) is 38.1 Å². The number of aromatic nitrogens is 1. The quantitative estimate of drug-likeness (QED) is 0.938. The lowest BCUT2D eigenvalue weighted by molar-refractivity contribution is 0.194. The van der Waals surface area contributed by atoms with Crippen molar-refractivity contribution in [3.8, 4) is 6.07 Å². The third-order valence-corrected chi connectivity index (χ3v) is 4.05. The predicted molar refractivity (Wildman–Crippen MR) is 91.4 cm³/mol. The van der Waals surface area contributed by atoms with Gasteiger partial charge in [0.15, 0.2) is 0 Å². The molecule has 0 bridgehead atoms. The molecule has 1 aromatic heterocycles. The highest BCUT2D eigenvalue weighted by atomic mass is 16.2. The first-order valence-electron chi connectivity index (χ1n) is 7.94. The van der Waals surface area contributed by atoms with Crippen LogP contribution >= 0.6 is 0 Å². The SMILES string of the molecule is N#Cc1cccc(N2CCN(C(=O)NCc3ccccn3)CC2)c1. The van der Waals surface area contributed by atoms with Crippen molar-refractivity contribution >= 4 is 11.7 Å². The lowest BCUT2D eigenvalue weighted by atomic mass is 10.2. The zero-order chi connectivity index (χ0) is 16.8. The first-order valence-corrected chi connectivity index (χ1v) is 7.94. The van der Waals surface area contributed by atoms with Crippen LogP contribution in [0, 0.1) is 11.3 Å². The Balaban J connectivity index is 1.51. The summed E-state index contributed by atoms with van der Waals surface area (Å²) in [5, 5.41) is 11.9. The minimum absolute atomic E-state index is 0.0638. The summed E-state index contributed by atoms with van der Waals surface area (Å²) in [7, 11) is 0. The molecule has 2 aromatic rings. The third kappa shape index (κ3) is 3.82. The van der Waals surface area contributed by atoms with E-state index < -0.39 is 0 Å². The lowest BCUT2D eigenvalue weighted by Gasteiger charge is -2.36. The van der Waals surface area contributed by atoms with E-state index in [9.17, 15) is 4.79 Å². The maximum Gasteiger partial charge on any atom is 0.317 e. The zero-order valence-corrected chi connectivity index (χ0v) is 13.4. The Morgan fingerprint density at radius 3 is 2.71 bits per heavy atom. The smallest absolute Gasteiger partial charge is 0.317 e. The topological polar surface area (TPSA) is 72.3 Å². The largest absolute Gasteiger partial charge is 0.368 e. The van der Waals surface area contributed by atoms with E-state index >= 15 is 0 Å². The molecule has 0 aliphatic carbocycles. The molecule has 1 aromatic carbocycles. The van der Waals surface area contributed by atoms with Gasteiger partial charge < -0.3 is 15.1 Å². The molecular formula is C18H19N5O. The van der Waals surface area contributed by atoms with Gasteiger partial charge in [-0.3, -0.25) is 4.98 Å². The molecule has 6 nitrogen and oxygen atoms in total. The summed E-state index contributed by atoms with van der Waals surface area (Å²) in [6, 6.07) is 15.3. The summed E-state index contributed by atoms with van der Waals surface area (Å²) in [5.74, 6) is 0. The van der Waals surface area contributed by atoms with E-state index in [-0.39, 0.29) is 6.03 Å². The van der Waals surface area contributed by atoms with Gasteiger partial charge in [-0.05, 0) is 30.3 Å². The van der Waals surface area contributed by atoms with Crippen LogP contribution in [0.5, 0.6) is 0 Å². The van der Waals surface area contributed by atoms with E-state index in [1.54, 1.807) is 12.3 Å². The fraction of sp³-hybridized carbons (Fsp3) is 0.278. The highest BCUT2D eigenvalue weighted by Crippen LogP contribution is 2.17. The van der Waals surface area contributed by atoms with Crippen molar-refractivity contribution < 1.29 is 4.79 Å². The molecular weight excluding hydrogens is 302 g/mol. The van der Waals surface area contributed by atoms with Crippen molar-refractivity contribution in [1.29, 1.82) is 5.26 Å². The Morgan fingerprint density at radius 1 is 1.17 bits per heavy atom. The van der Waals surface area contributed by atoms with Crippen LogP contribution in [0.1, 0.15) is 11.3 Å². The second kappa shape index (κ2) is 7.47. The average Bonchev–Trinajstić information content (AvgIpc) is 2.67. The molecule has 24 heavy (non-hydrogen) atoms. The van der Waals surface area contributed by atoms with E-state index in [0.717, 1.165) is 24.5 Å². The molecule has 1 aliphatic heterocycles. The van der Waals surface area contributed by atoms with Crippen LogP contribution < -0.4 is 10.2 Å². The minimum atomic E-state index is -0.0638. The number of hydrogen-bond donors (Lipinski definition) is 1.